The molecule has 0 bridgehead atoms. The van der Waals surface area contributed by atoms with E-state index in [1.165, 1.54) is 12.1 Å². The second kappa shape index (κ2) is 7.49. The van der Waals surface area contributed by atoms with Crippen molar-refractivity contribution < 1.29 is 18.0 Å². The van der Waals surface area contributed by atoms with Gasteiger partial charge in [0.2, 0.25) is 5.91 Å². The summed E-state index contributed by atoms with van der Waals surface area (Å²) in [6.45, 7) is 4.99. The first-order chi connectivity index (χ1) is 12.3. The lowest BCUT2D eigenvalue weighted by Gasteiger charge is -2.36. The Balaban J connectivity index is 1.51. The Morgan fingerprint density at radius 1 is 1.15 bits per heavy atom. The number of alkyl halides is 3. The molecule has 140 valence electrons. The molecule has 0 radical (unpaired) electrons. The van der Waals surface area contributed by atoms with Gasteiger partial charge in [-0.2, -0.15) is 18.3 Å². The Labute approximate surface area is 150 Å². The molecule has 0 unspecified atom stereocenters. The summed E-state index contributed by atoms with van der Waals surface area (Å²) >= 11 is 0. The van der Waals surface area contributed by atoms with E-state index in [0.717, 1.165) is 17.7 Å². The van der Waals surface area contributed by atoms with Crippen molar-refractivity contribution in [1.82, 2.24) is 19.6 Å². The summed E-state index contributed by atoms with van der Waals surface area (Å²) < 4.78 is 39.5. The molecule has 5 nitrogen and oxygen atoms in total. The Morgan fingerprint density at radius 2 is 1.81 bits per heavy atom. The highest BCUT2D eigenvalue weighted by Gasteiger charge is 2.30. The maximum atomic E-state index is 12.6. The normalized spacial score (nSPS) is 17.3. The van der Waals surface area contributed by atoms with Gasteiger partial charge in [0, 0.05) is 45.1 Å². The van der Waals surface area contributed by atoms with Crippen LogP contribution >= 0.6 is 0 Å². The molecule has 1 fully saturated rings. The predicted molar refractivity (Wildman–Crippen MR) is 90.2 cm³/mol. The summed E-state index contributed by atoms with van der Waals surface area (Å²) in [7, 11) is 0. The SMILES string of the molecule is C[C@H](C(=O)N1CCN(Cc2ccc(C(F)(F)F)cc2)CC1)n1cccn1. The number of piperazine rings is 1. The molecule has 0 saturated carbocycles. The fourth-order valence-electron chi connectivity index (χ4n) is 3.07. The van der Waals surface area contributed by atoms with Gasteiger partial charge in [-0.25, -0.2) is 0 Å². The summed E-state index contributed by atoms with van der Waals surface area (Å²) in [6, 6.07) is 6.69. The summed E-state index contributed by atoms with van der Waals surface area (Å²) in [5.41, 5.74) is 0.201. The fraction of sp³-hybridized carbons (Fsp3) is 0.444. The van der Waals surface area contributed by atoms with Gasteiger partial charge in [-0.15, -0.1) is 0 Å². The van der Waals surface area contributed by atoms with E-state index in [-0.39, 0.29) is 11.9 Å². The largest absolute Gasteiger partial charge is 0.416 e. The van der Waals surface area contributed by atoms with Crippen molar-refractivity contribution in [1.29, 1.82) is 0 Å². The number of carbonyl (C=O) groups excluding carboxylic acids is 1. The lowest BCUT2D eigenvalue weighted by atomic mass is 10.1. The summed E-state index contributed by atoms with van der Waals surface area (Å²) in [5, 5.41) is 4.11. The Bertz CT molecular complexity index is 720. The molecule has 1 aliphatic rings. The number of benzene rings is 1. The van der Waals surface area contributed by atoms with E-state index < -0.39 is 11.7 Å². The molecule has 0 N–H and O–H groups in total. The van der Waals surface area contributed by atoms with Crippen molar-refractivity contribution in [3.05, 3.63) is 53.9 Å². The van der Waals surface area contributed by atoms with Crippen LogP contribution in [0.5, 0.6) is 0 Å². The van der Waals surface area contributed by atoms with Gasteiger partial charge < -0.3 is 4.90 Å². The molecule has 1 amide bonds. The quantitative estimate of drug-likeness (QED) is 0.836. The summed E-state index contributed by atoms with van der Waals surface area (Å²) in [4.78, 5) is 16.5. The molecule has 3 rings (SSSR count). The molecule has 1 saturated heterocycles. The maximum Gasteiger partial charge on any atom is 0.416 e. The van der Waals surface area contributed by atoms with Crippen LogP contribution in [0.1, 0.15) is 24.1 Å². The molecular weight excluding hydrogens is 345 g/mol. The van der Waals surface area contributed by atoms with Crippen LogP contribution in [0, 0.1) is 0 Å². The Morgan fingerprint density at radius 3 is 2.35 bits per heavy atom. The van der Waals surface area contributed by atoms with E-state index in [1.807, 2.05) is 11.8 Å². The molecule has 1 aromatic carbocycles. The van der Waals surface area contributed by atoms with Crippen molar-refractivity contribution in [3.63, 3.8) is 0 Å². The summed E-state index contributed by atoms with van der Waals surface area (Å²) in [6.07, 6.45) is -0.898. The molecule has 8 heteroatoms. The molecule has 2 aromatic rings. The van der Waals surface area contributed by atoms with Crippen LogP contribution < -0.4 is 0 Å². The van der Waals surface area contributed by atoms with Gasteiger partial charge in [0.05, 0.1) is 5.56 Å². The molecule has 0 spiro atoms. The molecular formula is C18H21F3N4O. The van der Waals surface area contributed by atoms with Crippen LogP contribution in [0.25, 0.3) is 0 Å². The topological polar surface area (TPSA) is 41.4 Å². The number of halogens is 3. The number of nitrogens with zero attached hydrogens (tertiary/aromatic N) is 4. The smallest absolute Gasteiger partial charge is 0.338 e. The van der Waals surface area contributed by atoms with Crippen LogP contribution in [-0.4, -0.2) is 51.7 Å². The van der Waals surface area contributed by atoms with Gasteiger partial charge in [-0.05, 0) is 30.7 Å². The molecule has 1 aliphatic heterocycles. The standard InChI is InChI=1S/C18H21F3N4O/c1-14(25-8-2-7-22-25)17(26)24-11-9-23(10-12-24)13-15-3-5-16(6-4-15)18(19,20)21/h2-8,14H,9-13H2,1H3/t14-/m1/s1. The number of rotatable bonds is 4. The zero-order valence-corrected chi connectivity index (χ0v) is 14.5. The van der Waals surface area contributed by atoms with Gasteiger partial charge in [-0.3, -0.25) is 14.4 Å². The minimum atomic E-state index is -4.31. The van der Waals surface area contributed by atoms with Crippen molar-refractivity contribution in [2.45, 2.75) is 25.7 Å². The minimum Gasteiger partial charge on any atom is -0.338 e. The number of hydrogen-bond donors (Lipinski definition) is 0. The average Bonchev–Trinajstić information content (AvgIpc) is 3.15. The van der Waals surface area contributed by atoms with Gasteiger partial charge >= 0.3 is 6.18 Å². The van der Waals surface area contributed by atoms with E-state index in [0.29, 0.717) is 32.7 Å². The van der Waals surface area contributed by atoms with E-state index in [4.69, 9.17) is 0 Å². The third-order valence-electron chi connectivity index (χ3n) is 4.65. The monoisotopic (exact) mass is 366 g/mol. The highest BCUT2D eigenvalue weighted by Crippen LogP contribution is 2.29. The van der Waals surface area contributed by atoms with E-state index >= 15 is 0 Å². The van der Waals surface area contributed by atoms with Crippen LogP contribution in [-0.2, 0) is 17.5 Å². The minimum absolute atomic E-state index is 0.0304. The third-order valence-corrected chi connectivity index (χ3v) is 4.65. The highest BCUT2D eigenvalue weighted by molar-refractivity contribution is 5.80. The van der Waals surface area contributed by atoms with Crippen molar-refractivity contribution in [2.24, 2.45) is 0 Å². The van der Waals surface area contributed by atoms with Crippen LogP contribution in [0.3, 0.4) is 0 Å². The van der Waals surface area contributed by atoms with Crippen molar-refractivity contribution in [3.8, 4) is 0 Å². The lowest BCUT2D eigenvalue weighted by Crippen LogP contribution is -2.49. The molecule has 1 aromatic heterocycles. The lowest BCUT2D eigenvalue weighted by molar-refractivity contribution is -0.137. The number of aromatic nitrogens is 2. The van der Waals surface area contributed by atoms with Gasteiger partial charge in [0.1, 0.15) is 6.04 Å². The second-order valence-corrected chi connectivity index (χ2v) is 6.46. The molecule has 26 heavy (non-hydrogen) atoms. The number of amides is 1. The van der Waals surface area contributed by atoms with Crippen LogP contribution in [0.4, 0.5) is 13.2 Å². The molecule has 0 aliphatic carbocycles. The van der Waals surface area contributed by atoms with Crippen molar-refractivity contribution in [2.75, 3.05) is 26.2 Å². The first kappa shape index (κ1) is 18.4. The molecule has 2 heterocycles. The average molecular weight is 366 g/mol. The van der Waals surface area contributed by atoms with E-state index in [9.17, 15) is 18.0 Å². The van der Waals surface area contributed by atoms with Crippen LogP contribution in [0.15, 0.2) is 42.7 Å². The fourth-order valence-corrected chi connectivity index (χ4v) is 3.07. The second-order valence-electron chi connectivity index (χ2n) is 6.46. The Kier molecular flexibility index (Phi) is 5.31. The molecule has 1 atom stereocenters. The van der Waals surface area contributed by atoms with Crippen LogP contribution in [0.2, 0.25) is 0 Å². The number of carbonyl (C=O) groups is 1. The predicted octanol–water partition coefficient (Wildman–Crippen LogP) is 2.81. The summed E-state index contributed by atoms with van der Waals surface area (Å²) in [5.74, 6) is 0.0304. The maximum absolute atomic E-state index is 12.6. The van der Waals surface area contributed by atoms with Gasteiger partial charge in [0.25, 0.3) is 0 Å². The Hall–Kier alpha value is -2.35. The number of hydrogen-bond acceptors (Lipinski definition) is 3. The highest BCUT2D eigenvalue weighted by atomic mass is 19.4. The van der Waals surface area contributed by atoms with Crippen molar-refractivity contribution >= 4 is 5.91 Å². The zero-order valence-electron chi connectivity index (χ0n) is 14.5. The van der Waals surface area contributed by atoms with E-state index in [2.05, 4.69) is 10.00 Å². The van der Waals surface area contributed by atoms with Gasteiger partial charge in [-0.1, -0.05) is 12.1 Å². The zero-order chi connectivity index (χ0) is 18.7. The first-order valence-corrected chi connectivity index (χ1v) is 8.51. The van der Waals surface area contributed by atoms with Gasteiger partial charge in [0.15, 0.2) is 0 Å². The first-order valence-electron chi connectivity index (χ1n) is 8.51. The van der Waals surface area contributed by atoms with E-state index in [1.54, 1.807) is 23.1 Å². The third kappa shape index (κ3) is 4.24.